The van der Waals surface area contributed by atoms with Crippen LogP contribution in [0.5, 0.6) is 0 Å². The third kappa shape index (κ3) is 3.99. The first-order valence-electron chi connectivity index (χ1n) is 8.23. The number of thiophene rings is 1. The van der Waals surface area contributed by atoms with Gasteiger partial charge in [-0.05, 0) is 34.7 Å². The molecule has 0 radical (unpaired) electrons. The van der Waals surface area contributed by atoms with Gasteiger partial charge in [0.05, 0.1) is 5.75 Å². The lowest BCUT2D eigenvalue weighted by Gasteiger charge is -2.10. The van der Waals surface area contributed by atoms with Gasteiger partial charge in [0, 0.05) is 23.7 Å². The van der Waals surface area contributed by atoms with Crippen molar-refractivity contribution in [2.45, 2.75) is 12.3 Å². The fraction of sp³-hybridized carbons (Fsp3) is 0.167. The lowest BCUT2D eigenvalue weighted by molar-refractivity contribution is 0.601. The van der Waals surface area contributed by atoms with E-state index in [1.165, 1.54) is 6.26 Å². The minimum absolute atomic E-state index is 0.0189. The van der Waals surface area contributed by atoms with E-state index in [1.54, 1.807) is 15.9 Å². The normalized spacial score (nSPS) is 11.7. The fourth-order valence-corrected chi connectivity index (χ4v) is 4.27. The Morgan fingerprint density at radius 1 is 1.07 bits per heavy atom. The topological polar surface area (TPSA) is 89.2 Å². The van der Waals surface area contributed by atoms with E-state index in [4.69, 9.17) is 0 Å². The summed E-state index contributed by atoms with van der Waals surface area (Å²) in [6.07, 6.45) is 1.24. The average molecular weight is 400 g/mol. The molecule has 3 aromatic heterocycles. The molecule has 0 aliphatic heterocycles. The second kappa shape index (κ2) is 7.09. The van der Waals surface area contributed by atoms with Crippen molar-refractivity contribution < 1.29 is 8.42 Å². The largest absolute Gasteiger partial charge is 0.365 e. The quantitative estimate of drug-likeness (QED) is 0.536. The molecule has 0 unspecified atom stereocenters. The van der Waals surface area contributed by atoms with E-state index in [2.05, 4.69) is 20.6 Å². The van der Waals surface area contributed by atoms with Gasteiger partial charge >= 0.3 is 0 Å². The summed E-state index contributed by atoms with van der Waals surface area (Å²) in [6.45, 7) is 0.472. The van der Waals surface area contributed by atoms with Crippen LogP contribution in [0.15, 0.2) is 53.2 Å². The second-order valence-corrected chi connectivity index (χ2v) is 9.14. The van der Waals surface area contributed by atoms with Crippen LogP contribution in [-0.4, -0.2) is 34.5 Å². The summed E-state index contributed by atoms with van der Waals surface area (Å²) in [4.78, 5) is 0. The maximum absolute atomic E-state index is 11.6. The number of rotatable bonds is 6. The molecule has 0 amide bonds. The summed E-state index contributed by atoms with van der Waals surface area (Å²) in [6, 6.07) is 13.2. The van der Waals surface area contributed by atoms with Crippen molar-refractivity contribution in [1.82, 2.24) is 19.8 Å². The molecule has 0 spiro atoms. The van der Waals surface area contributed by atoms with Crippen molar-refractivity contribution in [2.75, 3.05) is 11.6 Å². The van der Waals surface area contributed by atoms with Gasteiger partial charge in [0.1, 0.15) is 5.82 Å². The molecule has 27 heavy (non-hydrogen) atoms. The standard InChI is InChI=1S/C18H17N5O2S2/c1-27(24,25)12-15-5-3-2-4-13(15)10-19-16-6-7-17-20-21-18(23(17)22-16)14-8-9-26-11-14/h2-9,11H,10,12H2,1H3,(H,19,22). The Hall–Kier alpha value is -2.78. The van der Waals surface area contributed by atoms with E-state index < -0.39 is 9.84 Å². The zero-order chi connectivity index (χ0) is 18.9. The second-order valence-electron chi connectivity index (χ2n) is 6.22. The number of sulfone groups is 1. The highest BCUT2D eigenvalue weighted by Crippen LogP contribution is 2.21. The maximum atomic E-state index is 11.6. The van der Waals surface area contributed by atoms with Crippen LogP contribution in [0.4, 0.5) is 5.82 Å². The predicted octanol–water partition coefficient (Wildman–Crippen LogP) is 3.01. The van der Waals surface area contributed by atoms with Gasteiger partial charge in [0.25, 0.3) is 0 Å². The Labute approximate surface area is 160 Å². The molecule has 7 nitrogen and oxygen atoms in total. The highest BCUT2D eigenvalue weighted by molar-refractivity contribution is 7.89. The molecule has 138 valence electrons. The summed E-state index contributed by atoms with van der Waals surface area (Å²) in [5, 5.41) is 20.2. The molecule has 1 N–H and O–H groups in total. The smallest absolute Gasteiger partial charge is 0.186 e. The minimum atomic E-state index is -3.10. The van der Waals surface area contributed by atoms with E-state index >= 15 is 0 Å². The van der Waals surface area contributed by atoms with Crippen molar-refractivity contribution in [1.29, 1.82) is 0 Å². The van der Waals surface area contributed by atoms with Gasteiger partial charge in [-0.15, -0.1) is 15.3 Å². The van der Waals surface area contributed by atoms with Crippen molar-refractivity contribution in [3.8, 4) is 11.4 Å². The highest BCUT2D eigenvalue weighted by Gasteiger charge is 2.12. The van der Waals surface area contributed by atoms with Crippen LogP contribution in [0.3, 0.4) is 0 Å². The number of hydrogen-bond acceptors (Lipinski definition) is 7. The van der Waals surface area contributed by atoms with Crippen molar-refractivity contribution in [2.24, 2.45) is 0 Å². The van der Waals surface area contributed by atoms with Gasteiger partial charge in [0.2, 0.25) is 0 Å². The molecule has 0 saturated carbocycles. The lowest BCUT2D eigenvalue weighted by Crippen LogP contribution is -2.09. The Balaban J connectivity index is 1.59. The number of hydrogen-bond donors (Lipinski definition) is 1. The minimum Gasteiger partial charge on any atom is -0.365 e. The van der Waals surface area contributed by atoms with Gasteiger partial charge in [-0.1, -0.05) is 24.3 Å². The molecule has 0 fully saturated rings. The summed E-state index contributed by atoms with van der Waals surface area (Å²) < 4.78 is 25.0. The Morgan fingerprint density at radius 2 is 1.89 bits per heavy atom. The molecule has 4 aromatic rings. The number of nitrogens with zero attached hydrogens (tertiary/aromatic N) is 4. The maximum Gasteiger partial charge on any atom is 0.186 e. The molecule has 1 aromatic carbocycles. The van der Waals surface area contributed by atoms with Crippen LogP contribution in [-0.2, 0) is 22.1 Å². The summed E-state index contributed by atoms with van der Waals surface area (Å²) >= 11 is 1.59. The first kappa shape index (κ1) is 17.6. The number of anilines is 1. The fourth-order valence-electron chi connectivity index (χ4n) is 2.79. The van der Waals surface area contributed by atoms with Gasteiger partial charge < -0.3 is 5.32 Å². The van der Waals surface area contributed by atoms with Gasteiger partial charge in [-0.2, -0.15) is 15.9 Å². The molecule has 4 rings (SSSR count). The third-order valence-corrected chi connectivity index (χ3v) is 5.56. The van der Waals surface area contributed by atoms with E-state index in [0.717, 1.165) is 16.7 Å². The molecule has 0 saturated heterocycles. The molecular formula is C18H17N5O2S2. The molecule has 0 aliphatic carbocycles. The molecule has 0 aliphatic rings. The summed E-state index contributed by atoms with van der Waals surface area (Å²) in [5.74, 6) is 1.37. The Bertz CT molecular complexity index is 1180. The molecular weight excluding hydrogens is 382 g/mol. The first-order valence-corrected chi connectivity index (χ1v) is 11.2. The third-order valence-electron chi connectivity index (χ3n) is 4.04. The number of benzene rings is 1. The Kier molecular flexibility index (Phi) is 4.63. The van der Waals surface area contributed by atoms with Gasteiger partial charge in [-0.3, -0.25) is 0 Å². The van der Waals surface area contributed by atoms with E-state index in [0.29, 0.717) is 23.8 Å². The molecule has 0 bridgehead atoms. The van der Waals surface area contributed by atoms with Crippen LogP contribution in [0.25, 0.3) is 17.0 Å². The van der Waals surface area contributed by atoms with Crippen LogP contribution in [0, 0.1) is 0 Å². The van der Waals surface area contributed by atoms with Gasteiger partial charge in [0.15, 0.2) is 21.3 Å². The number of nitrogens with one attached hydrogen (secondary N) is 1. The van der Waals surface area contributed by atoms with Crippen LogP contribution < -0.4 is 5.32 Å². The van der Waals surface area contributed by atoms with Gasteiger partial charge in [-0.25, -0.2) is 8.42 Å². The highest BCUT2D eigenvalue weighted by atomic mass is 32.2. The number of aromatic nitrogens is 4. The number of fused-ring (bicyclic) bond motifs is 1. The molecule has 3 heterocycles. The van der Waals surface area contributed by atoms with Crippen LogP contribution in [0.2, 0.25) is 0 Å². The zero-order valence-electron chi connectivity index (χ0n) is 14.5. The van der Waals surface area contributed by atoms with Crippen LogP contribution in [0.1, 0.15) is 11.1 Å². The molecule has 0 atom stereocenters. The Morgan fingerprint density at radius 3 is 2.63 bits per heavy atom. The van der Waals surface area contributed by atoms with Crippen LogP contribution >= 0.6 is 11.3 Å². The average Bonchev–Trinajstić information content (AvgIpc) is 3.28. The first-order chi connectivity index (χ1) is 13.0. The SMILES string of the molecule is CS(=O)(=O)Cc1ccccc1CNc1ccc2nnc(-c3ccsc3)n2n1. The summed E-state index contributed by atoms with van der Waals surface area (Å²) in [5.41, 5.74) is 3.35. The molecule has 9 heteroatoms. The van der Waals surface area contributed by atoms with Crippen molar-refractivity contribution in [3.63, 3.8) is 0 Å². The summed E-state index contributed by atoms with van der Waals surface area (Å²) in [7, 11) is -3.10. The van der Waals surface area contributed by atoms with Crippen molar-refractivity contribution >= 4 is 32.6 Å². The monoisotopic (exact) mass is 399 g/mol. The predicted molar refractivity (Wildman–Crippen MR) is 106 cm³/mol. The van der Waals surface area contributed by atoms with Crippen molar-refractivity contribution in [3.05, 3.63) is 64.4 Å². The zero-order valence-corrected chi connectivity index (χ0v) is 16.2. The van der Waals surface area contributed by atoms with E-state index in [-0.39, 0.29) is 5.75 Å². The lowest BCUT2D eigenvalue weighted by atomic mass is 10.1. The van der Waals surface area contributed by atoms with E-state index in [1.807, 2.05) is 53.2 Å². The van der Waals surface area contributed by atoms with E-state index in [9.17, 15) is 8.42 Å².